The first-order chi connectivity index (χ1) is 13.1. The van der Waals surface area contributed by atoms with Crippen LogP contribution in [0.3, 0.4) is 0 Å². The number of pyridine rings is 1. The molecule has 0 fully saturated rings. The molecule has 150 valence electrons. The lowest BCUT2D eigenvalue weighted by molar-refractivity contribution is -0.139. The molecular formula is C16H14ClF3N4O3S. The maximum absolute atomic E-state index is 13.1. The van der Waals surface area contributed by atoms with Gasteiger partial charge in [0.05, 0.1) is 10.5 Å². The summed E-state index contributed by atoms with van der Waals surface area (Å²) in [4.78, 5) is 11.2. The largest absolute Gasteiger partial charge is 0.417 e. The monoisotopic (exact) mass is 434 g/mol. The molecule has 0 amide bonds. The van der Waals surface area contributed by atoms with E-state index in [4.69, 9.17) is 11.6 Å². The topological polar surface area (TPSA) is 85.5 Å². The highest BCUT2D eigenvalue weighted by Gasteiger charge is 2.37. The van der Waals surface area contributed by atoms with Crippen molar-refractivity contribution in [2.45, 2.75) is 24.0 Å². The summed E-state index contributed by atoms with van der Waals surface area (Å²) in [7, 11) is -4.42. The Morgan fingerprint density at radius 2 is 1.93 bits per heavy atom. The predicted octanol–water partition coefficient (Wildman–Crippen LogP) is 2.54. The van der Waals surface area contributed by atoms with Crippen molar-refractivity contribution in [2.75, 3.05) is 6.54 Å². The fourth-order valence-corrected chi connectivity index (χ4v) is 4.04. The minimum Gasteiger partial charge on any atom is -0.250 e. The molecule has 3 aromatic rings. The van der Waals surface area contributed by atoms with Crippen LogP contribution in [0, 0.1) is 0 Å². The van der Waals surface area contributed by atoms with Crippen molar-refractivity contribution in [3.05, 3.63) is 63.7 Å². The molecule has 0 saturated heterocycles. The summed E-state index contributed by atoms with van der Waals surface area (Å²) in [5, 5.41) is 3.86. The van der Waals surface area contributed by atoms with E-state index in [1.165, 1.54) is 4.40 Å². The number of hydrogen-bond donors (Lipinski definition) is 1. The van der Waals surface area contributed by atoms with Gasteiger partial charge in [0, 0.05) is 24.3 Å². The smallest absolute Gasteiger partial charge is 0.250 e. The van der Waals surface area contributed by atoms with E-state index in [2.05, 4.69) is 9.82 Å². The SMILES string of the molecule is O=c1n(CCCNS(=O)(=O)c2ccc(Cl)cc2C(F)(F)F)nc2ccccn12. The van der Waals surface area contributed by atoms with Crippen LogP contribution in [-0.4, -0.2) is 29.1 Å². The van der Waals surface area contributed by atoms with E-state index >= 15 is 0 Å². The standard InChI is InChI=1S/C16H14ClF3N4O3S/c17-11-5-6-13(12(10-11)16(18,19)20)28(26,27)21-7-3-9-24-15(25)23-8-2-1-4-14(23)22-24/h1-2,4-6,8,10,21H,3,7,9H2. The van der Waals surface area contributed by atoms with Crippen LogP contribution in [0.5, 0.6) is 0 Å². The number of aromatic nitrogens is 3. The number of hydrogen-bond acceptors (Lipinski definition) is 4. The zero-order valence-corrected chi connectivity index (χ0v) is 15.7. The lowest BCUT2D eigenvalue weighted by atomic mass is 10.2. The van der Waals surface area contributed by atoms with Crippen molar-refractivity contribution in [2.24, 2.45) is 0 Å². The molecule has 1 aromatic carbocycles. The molecule has 7 nitrogen and oxygen atoms in total. The molecule has 12 heteroatoms. The highest BCUT2D eigenvalue weighted by atomic mass is 35.5. The quantitative estimate of drug-likeness (QED) is 0.604. The molecule has 0 saturated carbocycles. The highest BCUT2D eigenvalue weighted by molar-refractivity contribution is 7.89. The molecule has 0 spiro atoms. The fourth-order valence-electron chi connectivity index (χ4n) is 2.58. The zero-order valence-electron chi connectivity index (χ0n) is 14.1. The van der Waals surface area contributed by atoms with Crippen LogP contribution < -0.4 is 10.4 Å². The van der Waals surface area contributed by atoms with Crippen LogP contribution >= 0.6 is 11.6 Å². The zero-order chi connectivity index (χ0) is 20.5. The second kappa shape index (κ2) is 7.57. The number of benzene rings is 1. The van der Waals surface area contributed by atoms with Crippen molar-refractivity contribution in [1.82, 2.24) is 18.9 Å². The molecule has 0 aliphatic rings. The first-order valence-electron chi connectivity index (χ1n) is 8.00. The first-order valence-corrected chi connectivity index (χ1v) is 9.86. The van der Waals surface area contributed by atoms with Gasteiger partial charge in [-0.25, -0.2) is 22.6 Å². The Bertz CT molecular complexity index is 1170. The number of rotatable bonds is 6. The molecule has 0 radical (unpaired) electrons. The van der Waals surface area contributed by atoms with Gasteiger partial charge < -0.3 is 0 Å². The van der Waals surface area contributed by atoms with Crippen LogP contribution in [-0.2, 0) is 22.7 Å². The summed E-state index contributed by atoms with van der Waals surface area (Å²) in [5.74, 6) is 0. The van der Waals surface area contributed by atoms with Crippen molar-refractivity contribution < 1.29 is 21.6 Å². The van der Waals surface area contributed by atoms with Gasteiger partial charge >= 0.3 is 11.9 Å². The van der Waals surface area contributed by atoms with Crippen LogP contribution in [0.2, 0.25) is 5.02 Å². The molecule has 0 bridgehead atoms. The molecule has 0 unspecified atom stereocenters. The predicted molar refractivity (Wildman–Crippen MR) is 95.7 cm³/mol. The van der Waals surface area contributed by atoms with Crippen molar-refractivity contribution >= 4 is 27.3 Å². The van der Waals surface area contributed by atoms with Crippen molar-refractivity contribution in [3.63, 3.8) is 0 Å². The van der Waals surface area contributed by atoms with Gasteiger partial charge in [0.2, 0.25) is 10.0 Å². The van der Waals surface area contributed by atoms with E-state index in [0.717, 1.165) is 16.8 Å². The normalized spacial score (nSPS) is 12.6. The summed E-state index contributed by atoms with van der Waals surface area (Å²) >= 11 is 5.56. The van der Waals surface area contributed by atoms with E-state index in [9.17, 15) is 26.4 Å². The summed E-state index contributed by atoms with van der Waals surface area (Å²) in [6, 6.07) is 7.46. The number of fused-ring (bicyclic) bond motifs is 1. The molecule has 1 N–H and O–H groups in total. The molecule has 28 heavy (non-hydrogen) atoms. The Balaban J connectivity index is 1.71. The third kappa shape index (κ3) is 4.21. The van der Waals surface area contributed by atoms with Crippen LogP contribution in [0.15, 0.2) is 52.3 Å². The van der Waals surface area contributed by atoms with E-state index in [0.29, 0.717) is 11.7 Å². The van der Waals surface area contributed by atoms with Gasteiger partial charge in [-0.2, -0.15) is 13.2 Å². The number of halogens is 4. The average Bonchev–Trinajstić information content (AvgIpc) is 2.94. The van der Waals surface area contributed by atoms with Gasteiger partial charge in [-0.1, -0.05) is 17.7 Å². The Kier molecular flexibility index (Phi) is 5.50. The number of sulfonamides is 1. The summed E-state index contributed by atoms with van der Waals surface area (Å²) in [6.07, 6.45) is -3.18. The Hall–Kier alpha value is -2.37. The molecule has 0 aliphatic carbocycles. The van der Waals surface area contributed by atoms with E-state index < -0.39 is 32.3 Å². The third-order valence-corrected chi connectivity index (χ3v) is 5.62. The molecule has 0 aliphatic heterocycles. The minimum atomic E-state index is -4.88. The van der Waals surface area contributed by atoms with Crippen LogP contribution in [0.25, 0.3) is 5.65 Å². The maximum Gasteiger partial charge on any atom is 0.417 e. The second-order valence-corrected chi connectivity index (χ2v) is 8.00. The van der Waals surface area contributed by atoms with E-state index in [1.54, 1.807) is 24.4 Å². The lowest BCUT2D eigenvalue weighted by Gasteiger charge is -2.14. The summed E-state index contributed by atoms with van der Waals surface area (Å²) < 4.78 is 68.5. The van der Waals surface area contributed by atoms with Gasteiger partial charge in [-0.05, 0) is 36.8 Å². The molecule has 2 aromatic heterocycles. The van der Waals surface area contributed by atoms with Crippen molar-refractivity contribution in [1.29, 1.82) is 0 Å². The lowest BCUT2D eigenvalue weighted by Crippen LogP contribution is -2.29. The Morgan fingerprint density at radius 3 is 2.61 bits per heavy atom. The van der Waals surface area contributed by atoms with Gasteiger partial charge in [0.1, 0.15) is 0 Å². The van der Waals surface area contributed by atoms with Crippen LogP contribution in [0.1, 0.15) is 12.0 Å². The number of nitrogens with zero attached hydrogens (tertiary/aromatic N) is 3. The number of alkyl halides is 3. The van der Waals surface area contributed by atoms with E-state index in [-0.39, 0.29) is 24.5 Å². The first kappa shape index (κ1) is 20.4. The molecule has 2 heterocycles. The van der Waals surface area contributed by atoms with Gasteiger partial charge in [0.15, 0.2) is 5.65 Å². The molecule has 3 rings (SSSR count). The molecule has 0 atom stereocenters. The third-order valence-electron chi connectivity index (χ3n) is 3.86. The summed E-state index contributed by atoms with van der Waals surface area (Å²) in [6.45, 7) is -0.0850. The van der Waals surface area contributed by atoms with Gasteiger partial charge in [0.25, 0.3) is 0 Å². The number of nitrogens with one attached hydrogen (secondary N) is 1. The van der Waals surface area contributed by atoms with Crippen LogP contribution in [0.4, 0.5) is 13.2 Å². The average molecular weight is 435 g/mol. The van der Waals surface area contributed by atoms with Crippen molar-refractivity contribution in [3.8, 4) is 0 Å². The van der Waals surface area contributed by atoms with Gasteiger partial charge in [-0.15, -0.1) is 5.10 Å². The number of aryl methyl sites for hydroxylation is 1. The van der Waals surface area contributed by atoms with E-state index in [1.807, 2.05) is 0 Å². The highest BCUT2D eigenvalue weighted by Crippen LogP contribution is 2.35. The second-order valence-electron chi connectivity index (χ2n) is 5.82. The Morgan fingerprint density at radius 1 is 1.18 bits per heavy atom. The van der Waals surface area contributed by atoms with Gasteiger partial charge in [-0.3, -0.25) is 4.40 Å². The summed E-state index contributed by atoms with van der Waals surface area (Å²) in [5.41, 5.74) is -1.30. The maximum atomic E-state index is 13.1. The fraction of sp³-hybridized carbons (Fsp3) is 0.250. The minimum absolute atomic E-state index is 0.0930. The molecular weight excluding hydrogens is 421 g/mol. The Labute approximate surface area is 162 Å².